The van der Waals surface area contributed by atoms with Gasteiger partial charge in [0, 0.05) is 52.4 Å². The summed E-state index contributed by atoms with van der Waals surface area (Å²) in [4.78, 5) is 9.14. The molecule has 123 heavy (non-hydrogen) atoms. The average molecular weight is 1970 g/mol. The van der Waals surface area contributed by atoms with Gasteiger partial charge < -0.3 is 119 Å². The molecule has 734 valence electrons. The van der Waals surface area contributed by atoms with Crippen molar-refractivity contribution in [2.24, 2.45) is 0 Å². The van der Waals surface area contributed by atoms with Gasteiger partial charge >= 0.3 is 21.1 Å². The predicted octanol–water partition coefficient (Wildman–Crippen LogP) is 38.6. The van der Waals surface area contributed by atoms with E-state index in [-0.39, 0.29) is 21.1 Å². The predicted molar refractivity (Wildman–Crippen MR) is 586 cm³/mol. The first-order valence-corrected chi connectivity index (χ1v) is 58.5. The minimum absolute atomic E-state index is 0. The molecule has 0 bridgehead atoms. The maximum atomic E-state index is 7.83. The standard InChI is InChI=1S/4C27H55NS2.Mo.OS/c4*1-3-5-7-9-11-13-15-17-19-21-23-25-28(27(29)30)26-24-22-20-18-16-14-12-10-8-6-4-2;;1-2/h4*3-26H2,1-2H3,(H,29,30);;/q;;;;+4;/p-4. The Balaban J connectivity index is -0.000000367. The van der Waals surface area contributed by atoms with Crippen LogP contribution in [0.3, 0.4) is 0 Å². The van der Waals surface area contributed by atoms with E-state index in [1.807, 2.05) is 0 Å². The van der Waals surface area contributed by atoms with E-state index in [9.17, 15) is 0 Å². The molecular formula is C108H216MoN4OS9. The minimum atomic E-state index is 0. The van der Waals surface area contributed by atoms with Gasteiger partial charge in [0.1, 0.15) is 0 Å². The molecule has 0 aromatic rings. The van der Waals surface area contributed by atoms with Crippen molar-refractivity contribution in [1.29, 1.82) is 0 Å². The average Bonchev–Trinajstić information content (AvgIpc) is 0.984. The Morgan fingerprint density at radius 3 is 0.252 bits per heavy atom. The quantitative estimate of drug-likeness (QED) is 0.0251. The van der Waals surface area contributed by atoms with Crippen LogP contribution >= 0.6 is 48.9 Å². The molecule has 5 nitrogen and oxygen atoms in total. The summed E-state index contributed by atoms with van der Waals surface area (Å²) in [5, 5.41) is 0. The van der Waals surface area contributed by atoms with E-state index >= 15 is 0 Å². The van der Waals surface area contributed by atoms with Crippen molar-refractivity contribution in [3.8, 4) is 0 Å². The smallest absolute Gasteiger partial charge is 0.411 e. The first-order chi connectivity index (χ1) is 59.9. The molecule has 0 saturated heterocycles. The SMILES string of the molecule is CCCCCCCCCCCCCN(CCCCCCCCCCCCC)C(=S)[S-].CCCCCCCCCCCCCN(CCCCCCCCCCCCC)C(=S)[S-].CCCCCCCCCCCCCN(CCCCCCCCCCCCC)C(=S)[S-].CCCCCCCCCCCCCN(CCCCCCCCCCCCC)C(=S)[S-].O=S.[Mo+4]. The Hall–Kier alpha value is 1.15. The van der Waals surface area contributed by atoms with E-state index in [1.165, 1.54) is 565 Å². The normalized spacial score (nSPS) is 10.9. The Morgan fingerprint density at radius 1 is 0.138 bits per heavy atom. The fourth-order valence-corrected chi connectivity index (χ4v) is 18.4. The van der Waals surface area contributed by atoms with Crippen LogP contribution in [0.4, 0.5) is 0 Å². The molecule has 0 atom stereocenters. The van der Waals surface area contributed by atoms with Crippen LogP contribution in [-0.4, -0.2) is 93.4 Å². The fourth-order valence-electron chi connectivity index (χ4n) is 16.9. The topological polar surface area (TPSA) is 30.0 Å². The zero-order valence-electron chi connectivity index (χ0n) is 84.2. The van der Waals surface area contributed by atoms with Crippen LogP contribution in [0.2, 0.25) is 0 Å². The summed E-state index contributed by atoms with van der Waals surface area (Å²) in [6.45, 7) is 27.0. The molecule has 0 amide bonds. The van der Waals surface area contributed by atoms with Gasteiger partial charge in [0.05, 0.1) is 0 Å². The molecule has 0 heterocycles. The first kappa shape index (κ1) is 135. The molecule has 0 aliphatic heterocycles. The second kappa shape index (κ2) is 125. The Bertz CT molecular complexity index is 1580. The minimum Gasteiger partial charge on any atom is -0.411 e. The Kier molecular flexibility index (Phi) is 137. The third-order valence-electron chi connectivity index (χ3n) is 25.3. The molecule has 0 fully saturated rings. The molecule has 0 aromatic carbocycles. The van der Waals surface area contributed by atoms with Gasteiger partial charge in [0.25, 0.3) is 0 Å². The van der Waals surface area contributed by atoms with Crippen LogP contribution in [-0.2, 0) is 84.1 Å². The number of hydrogen-bond donors (Lipinski definition) is 0. The fraction of sp³-hybridized carbons (Fsp3) is 0.963. The van der Waals surface area contributed by atoms with Crippen LogP contribution in [0.15, 0.2) is 0 Å². The zero-order valence-corrected chi connectivity index (χ0v) is 93.5. The van der Waals surface area contributed by atoms with E-state index in [0.29, 0.717) is 17.3 Å². The van der Waals surface area contributed by atoms with Crippen LogP contribution in [0.25, 0.3) is 0 Å². The Labute approximate surface area is 839 Å². The number of hydrogen-bond acceptors (Lipinski definition) is 10. The monoisotopic (exact) mass is 1970 g/mol. The molecule has 0 rings (SSSR count). The maximum absolute atomic E-state index is 7.83. The van der Waals surface area contributed by atoms with E-state index in [0.717, 1.165) is 52.4 Å². The number of unbranched alkanes of at least 4 members (excludes halogenated alkanes) is 80. The molecule has 0 radical (unpaired) electrons. The summed E-state index contributed by atoms with van der Waals surface area (Å²) in [7, 11) is 0. The second-order valence-electron chi connectivity index (χ2n) is 37.3. The number of thiocarbonyl (C=S) groups is 4. The van der Waals surface area contributed by atoms with Gasteiger partial charge in [0.2, 0.25) is 0 Å². The number of rotatable bonds is 96. The van der Waals surface area contributed by atoms with Crippen molar-refractivity contribution in [3.63, 3.8) is 0 Å². The van der Waals surface area contributed by atoms with E-state index in [1.54, 1.807) is 0 Å². The number of nitrogens with zero attached hydrogens (tertiary/aromatic N) is 4. The van der Waals surface area contributed by atoms with Crippen molar-refractivity contribution >= 4 is 129 Å². The largest absolute Gasteiger partial charge is 4.00 e. The summed E-state index contributed by atoms with van der Waals surface area (Å²) in [6.07, 6.45) is 123. The van der Waals surface area contributed by atoms with Crippen LogP contribution in [0, 0.1) is 0 Å². The third-order valence-corrected chi connectivity index (χ3v) is 27.4. The van der Waals surface area contributed by atoms with Crippen molar-refractivity contribution in [2.45, 2.75) is 620 Å². The first-order valence-electron chi connectivity index (χ1n) is 54.9. The molecule has 0 unspecified atom stereocenters. The summed E-state index contributed by atoms with van der Waals surface area (Å²) in [5.41, 5.74) is 0. The van der Waals surface area contributed by atoms with Gasteiger partial charge in [0.15, 0.2) is 12.5 Å². The summed E-state index contributed by atoms with van der Waals surface area (Å²) < 4.78 is 10.6. The molecule has 15 heteroatoms. The van der Waals surface area contributed by atoms with Gasteiger partial charge in [-0.25, -0.2) is 0 Å². The van der Waals surface area contributed by atoms with Crippen molar-refractivity contribution < 1.29 is 25.3 Å². The van der Waals surface area contributed by atoms with Gasteiger partial charge in [-0.2, -0.15) is 4.21 Å². The van der Waals surface area contributed by atoms with Gasteiger partial charge in [-0.1, -0.05) is 586 Å². The van der Waals surface area contributed by atoms with Crippen LogP contribution in [0.5, 0.6) is 0 Å². The molecule has 0 N–H and O–H groups in total. The third kappa shape index (κ3) is 123. The van der Waals surface area contributed by atoms with Gasteiger partial charge in [-0.3, -0.25) is 0 Å². The zero-order chi connectivity index (χ0) is 90.5. The van der Waals surface area contributed by atoms with E-state index in [2.05, 4.69) is 87.5 Å². The van der Waals surface area contributed by atoms with Gasteiger partial charge in [-0.05, 0) is 51.4 Å². The van der Waals surface area contributed by atoms with E-state index < -0.39 is 0 Å². The molecule has 0 aromatic heterocycles. The van der Waals surface area contributed by atoms with Crippen molar-refractivity contribution in [2.75, 3.05) is 52.4 Å². The van der Waals surface area contributed by atoms with Crippen LogP contribution < -0.4 is 0 Å². The molecule has 0 aliphatic carbocycles. The van der Waals surface area contributed by atoms with Crippen molar-refractivity contribution in [3.05, 3.63) is 0 Å². The summed E-state index contributed by atoms with van der Waals surface area (Å²) in [5.74, 6) is 0. The summed E-state index contributed by atoms with van der Waals surface area (Å²) in [6, 6.07) is 0. The molecular weight excluding hydrogens is 1750 g/mol. The Morgan fingerprint density at radius 2 is 0.195 bits per heavy atom. The molecule has 0 saturated carbocycles. The van der Waals surface area contributed by atoms with Crippen LogP contribution in [0.1, 0.15) is 620 Å². The van der Waals surface area contributed by atoms with Crippen molar-refractivity contribution in [1.82, 2.24) is 19.6 Å². The maximum Gasteiger partial charge on any atom is 4.00 e. The summed E-state index contributed by atoms with van der Waals surface area (Å²) >= 11 is 45.4. The molecule has 0 aliphatic rings. The van der Waals surface area contributed by atoms with Gasteiger partial charge in [-0.15, -0.1) is 0 Å². The van der Waals surface area contributed by atoms with E-state index in [4.69, 9.17) is 104 Å². The second-order valence-corrected chi connectivity index (χ2v) is 41.4. The molecule has 0 spiro atoms.